The first kappa shape index (κ1) is 11.9. The number of hydrogen-bond donors (Lipinski definition) is 3. The molecule has 0 saturated heterocycles. The first-order valence-electron chi connectivity index (χ1n) is 5.93. The molecule has 2 aromatic rings. The molecule has 0 unspecified atom stereocenters. The minimum atomic E-state index is 0.351. The van der Waals surface area contributed by atoms with Gasteiger partial charge in [-0.1, -0.05) is 30.3 Å². The molecule has 0 atom stereocenters. The van der Waals surface area contributed by atoms with Crippen molar-refractivity contribution in [3.05, 3.63) is 42.0 Å². The molecule has 0 spiro atoms. The fourth-order valence-corrected chi connectivity index (χ4v) is 1.95. The lowest BCUT2D eigenvalue weighted by Gasteiger charge is -2.10. The van der Waals surface area contributed by atoms with Gasteiger partial charge in [-0.25, -0.2) is 0 Å². The van der Waals surface area contributed by atoms with Crippen molar-refractivity contribution < 1.29 is 5.11 Å². The van der Waals surface area contributed by atoms with Crippen molar-refractivity contribution in [3.63, 3.8) is 0 Å². The van der Waals surface area contributed by atoms with E-state index in [-0.39, 0.29) is 0 Å². The van der Waals surface area contributed by atoms with Crippen LogP contribution in [-0.2, 0) is 6.54 Å². The summed E-state index contributed by atoms with van der Waals surface area (Å²) in [6.45, 7) is 2.24. The Bertz CT molecular complexity index is 497. The van der Waals surface area contributed by atoms with E-state index < -0.39 is 0 Å². The molecule has 3 nitrogen and oxygen atoms in total. The van der Waals surface area contributed by atoms with E-state index in [1.54, 1.807) is 6.07 Å². The molecule has 0 heterocycles. The number of rotatable bonds is 5. The van der Waals surface area contributed by atoms with Crippen LogP contribution in [0.5, 0.6) is 5.75 Å². The maximum atomic E-state index is 9.90. The van der Waals surface area contributed by atoms with Crippen LogP contribution in [0.2, 0.25) is 0 Å². The molecular weight excluding hydrogens is 212 g/mol. The van der Waals surface area contributed by atoms with Crippen molar-refractivity contribution in [1.29, 1.82) is 0 Å². The van der Waals surface area contributed by atoms with Crippen LogP contribution in [-0.4, -0.2) is 18.2 Å². The molecule has 3 heteroatoms. The number of benzene rings is 2. The molecule has 2 rings (SSSR count). The highest BCUT2D eigenvalue weighted by molar-refractivity contribution is 5.87. The van der Waals surface area contributed by atoms with Gasteiger partial charge in [0.05, 0.1) is 0 Å². The lowest BCUT2D eigenvalue weighted by atomic mass is 10.0. The lowest BCUT2D eigenvalue weighted by molar-refractivity contribution is 0.466. The zero-order chi connectivity index (χ0) is 12.1. The molecule has 0 aliphatic rings. The van der Waals surface area contributed by atoms with Crippen molar-refractivity contribution >= 4 is 10.8 Å². The predicted octanol–water partition coefficient (Wildman–Crippen LogP) is 1.98. The van der Waals surface area contributed by atoms with E-state index >= 15 is 0 Å². The smallest absolute Gasteiger partial charge is 0.120 e. The van der Waals surface area contributed by atoms with E-state index in [0.29, 0.717) is 18.8 Å². The van der Waals surface area contributed by atoms with Gasteiger partial charge < -0.3 is 16.2 Å². The van der Waals surface area contributed by atoms with E-state index in [9.17, 15) is 5.11 Å². The Morgan fingerprint density at radius 3 is 2.76 bits per heavy atom. The fourth-order valence-electron chi connectivity index (χ4n) is 1.95. The van der Waals surface area contributed by atoms with E-state index in [2.05, 4.69) is 11.4 Å². The van der Waals surface area contributed by atoms with Crippen molar-refractivity contribution in [3.8, 4) is 5.75 Å². The Balaban J connectivity index is 2.22. The van der Waals surface area contributed by atoms with Crippen LogP contribution in [0.25, 0.3) is 10.8 Å². The third-order valence-corrected chi connectivity index (χ3v) is 2.88. The number of phenols is 1. The van der Waals surface area contributed by atoms with Crippen LogP contribution < -0.4 is 11.1 Å². The van der Waals surface area contributed by atoms with Gasteiger partial charge in [0.1, 0.15) is 5.75 Å². The first-order chi connectivity index (χ1) is 8.33. The zero-order valence-electron chi connectivity index (χ0n) is 9.82. The van der Waals surface area contributed by atoms with E-state index in [0.717, 1.165) is 29.3 Å². The Morgan fingerprint density at radius 1 is 1.12 bits per heavy atom. The van der Waals surface area contributed by atoms with Gasteiger partial charge in [-0.15, -0.1) is 0 Å². The highest BCUT2D eigenvalue weighted by Crippen LogP contribution is 2.26. The van der Waals surface area contributed by atoms with Crippen LogP contribution in [0.3, 0.4) is 0 Å². The van der Waals surface area contributed by atoms with Gasteiger partial charge >= 0.3 is 0 Å². The van der Waals surface area contributed by atoms with Crippen molar-refractivity contribution in [2.24, 2.45) is 5.73 Å². The largest absolute Gasteiger partial charge is 0.508 e. The van der Waals surface area contributed by atoms with Gasteiger partial charge in [0, 0.05) is 12.1 Å². The van der Waals surface area contributed by atoms with Crippen LogP contribution >= 0.6 is 0 Å². The van der Waals surface area contributed by atoms with Gasteiger partial charge in [0.2, 0.25) is 0 Å². The molecule has 90 valence electrons. The Hall–Kier alpha value is -1.58. The summed E-state index contributed by atoms with van der Waals surface area (Å²) in [6.07, 6.45) is 0.950. The second-order valence-electron chi connectivity index (χ2n) is 4.10. The summed E-state index contributed by atoms with van der Waals surface area (Å²) in [5.41, 5.74) is 6.40. The summed E-state index contributed by atoms with van der Waals surface area (Å²) in [7, 11) is 0. The molecule has 0 amide bonds. The van der Waals surface area contributed by atoms with Crippen molar-refractivity contribution in [2.75, 3.05) is 13.1 Å². The van der Waals surface area contributed by atoms with Crippen LogP contribution in [0.4, 0.5) is 0 Å². The average molecular weight is 230 g/mol. The van der Waals surface area contributed by atoms with E-state index in [1.807, 2.05) is 24.3 Å². The van der Waals surface area contributed by atoms with Crippen molar-refractivity contribution in [2.45, 2.75) is 13.0 Å². The summed E-state index contributed by atoms with van der Waals surface area (Å²) in [5.74, 6) is 0.351. The molecule has 0 radical (unpaired) electrons. The highest BCUT2D eigenvalue weighted by atomic mass is 16.3. The topological polar surface area (TPSA) is 58.3 Å². The highest BCUT2D eigenvalue weighted by Gasteiger charge is 2.05. The summed E-state index contributed by atoms with van der Waals surface area (Å²) in [4.78, 5) is 0. The summed E-state index contributed by atoms with van der Waals surface area (Å²) >= 11 is 0. The number of fused-ring (bicyclic) bond motifs is 1. The number of phenolic OH excluding ortho intramolecular Hbond substituents is 1. The standard InChI is InChI=1S/C14H18N2O/c15-8-3-9-16-10-13-12-5-2-1-4-11(12)6-7-14(13)17/h1-2,4-7,16-17H,3,8-10,15H2. The van der Waals surface area contributed by atoms with Gasteiger partial charge in [0.15, 0.2) is 0 Å². The maximum Gasteiger partial charge on any atom is 0.120 e. The van der Waals surface area contributed by atoms with E-state index in [4.69, 9.17) is 5.73 Å². The van der Waals surface area contributed by atoms with Crippen LogP contribution in [0, 0.1) is 0 Å². The number of aromatic hydroxyl groups is 1. The van der Waals surface area contributed by atoms with Gasteiger partial charge in [0.25, 0.3) is 0 Å². The third kappa shape index (κ3) is 2.75. The van der Waals surface area contributed by atoms with Gasteiger partial charge in [-0.05, 0) is 36.3 Å². The summed E-state index contributed by atoms with van der Waals surface area (Å²) < 4.78 is 0. The molecule has 2 aromatic carbocycles. The fraction of sp³-hybridized carbons (Fsp3) is 0.286. The second-order valence-corrected chi connectivity index (χ2v) is 4.10. The Kier molecular flexibility index (Phi) is 3.96. The summed E-state index contributed by atoms with van der Waals surface area (Å²) in [5, 5.41) is 15.5. The van der Waals surface area contributed by atoms with Crippen molar-refractivity contribution in [1.82, 2.24) is 5.32 Å². The third-order valence-electron chi connectivity index (χ3n) is 2.88. The zero-order valence-corrected chi connectivity index (χ0v) is 9.82. The van der Waals surface area contributed by atoms with Gasteiger partial charge in [-0.2, -0.15) is 0 Å². The monoisotopic (exact) mass is 230 g/mol. The molecule has 0 aliphatic heterocycles. The molecular formula is C14H18N2O. The molecule has 0 bridgehead atoms. The lowest BCUT2D eigenvalue weighted by Crippen LogP contribution is -2.17. The number of nitrogens with two attached hydrogens (primary N) is 1. The first-order valence-corrected chi connectivity index (χ1v) is 5.93. The molecule has 4 N–H and O–H groups in total. The molecule has 17 heavy (non-hydrogen) atoms. The average Bonchev–Trinajstić information content (AvgIpc) is 2.37. The number of hydrogen-bond acceptors (Lipinski definition) is 3. The minimum absolute atomic E-state index is 0.351. The molecule has 0 aromatic heterocycles. The maximum absolute atomic E-state index is 9.90. The normalized spacial score (nSPS) is 10.9. The predicted molar refractivity (Wildman–Crippen MR) is 71.0 cm³/mol. The minimum Gasteiger partial charge on any atom is -0.508 e. The SMILES string of the molecule is NCCCNCc1c(O)ccc2ccccc12. The van der Waals surface area contributed by atoms with Crippen LogP contribution in [0.15, 0.2) is 36.4 Å². The Morgan fingerprint density at radius 2 is 1.94 bits per heavy atom. The summed E-state index contributed by atoms with van der Waals surface area (Å²) in [6, 6.07) is 11.8. The molecule has 0 fully saturated rings. The van der Waals surface area contributed by atoms with E-state index in [1.165, 1.54) is 0 Å². The van der Waals surface area contributed by atoms with Gasteiger partial charge in [-0.3, -0.25) is 0 Å². The molecule has 0 saturated carbocycles. The number of nitrogens with one attached hydrogen (secondary N) is 1. The molecule has 0 aliphatic carbocycles. The second kappa shape index (κ2) is 5.66. The Labute approximate surface area is 101 Å². The van der Waals surface area contributed by atoms with Crippen LogP contribution in [0.1, 0.15) is 12.0 Å². The quantitative estimate of drug-likeness (QED) is 0.688.